The molecule has 6 nitrogen and oxygen atoms in total. The molecule has 2 aromatic rings. The molecule has 2 heterocycles. The summed E-state index contributed by atoms with van der Waals surface area (Å²) < 4.78 is 0. The average molecular weight is 274 g/mol. The first kappa shape index (κ1) is 13.1. The zero-order chi connectivity index (χ0) is 13.7. The van der Waals surface area contributed by atoms with Crippen LogP contribution in [0.5, 0.6) is 0 Å². The number of aliphatic hydroxyl groups excluding tert-OH is 1. The topological polar surface area (TPSA) is 88.0 Å². The summed E-state index contributed by atoms with van der Waals surface area (Å²) in [6.07, 6.45) is 1.48. The molecule has 19 heavy (non-hydrogen) atoms. The van der Waals surface area contributed by atoms with Gasteiger partial charge in [-0.3, -0.25) is 10.1 Å². The highest BCUT2D eigenvalue weighted by Gasteiger charge is 2.09. The molecule has 2 N–H and O–H groups in total. The van der Waals surface area contributed by atoms with Gasteiger partial charge in [0.1, 0.15) is 17.3 Å². The Bertz CT molecular complexity index is 640. The number of carbonyl (C=O) groups excluding carboxylic acids is 1. The van der Waals surface area contributed by atoms with Gasteiger partial charge in [0, 0.05) is 11.8 Å². The lowest BCUT2D eigenvalue weighted by Crippen LogP contribution is -2.13. The van der Waals surface area contributed by atoms with Gasteiger partial charge < -0.3 is 5.11 Å². The van der Waals surface area contributed by atoms with Gasteiger partial charge >= 0.3 is 0 Å². The molecule has 0 saturated carbocycles. The Balaban J connectivity index is 2.07. The molecule has 7 heteroatoms. The number of rotatable bonds is 2. The molecule has 2 rings (SSSR count). The van der Waals surface area contributed by atoms with E-state index in [0.29, 0.717) is 10.7 Å². The summed E-state index contributed by atoms with van der Waals surface area (Å²) in [5.74, 6) is 4.85. The van der Waals surface area contributed by atoms with Crippen molar-refractivity contribution in [1.29, 1.82) is 0 Å². The Morgan fingerprint density at radius 3 is 2.89 bits per heavy atom. The summed E-state index contributed by atoms with van der Waals surface area (Å²) in [5.41, 5.74) is 0.903. The first-order valence-electron chi connectivity index (χ1n) is 5.36. The van der Waals surface area contributed by atoms with Crippen molar-refractivity contribution in [1.82, 2.24) is 15.2 Å². The average Bonchev–Trinajstić information content (AvgIpc) is 2.82. The summed E-state index contributed by atoms with van der Waals surface area (Å²) in [6, 6.07) is 3.22. The zero-order valence-corrected chi connectivity index (χ0v) is 10.9. The van der Waals surface area contributed by atoms with Crippen molar-refractivity contribution in [3.63, 3.8) is 0 Å². The summed E-state index contributed by atoms with van der Waals surface area (Å²) in [6.45, 7) is 1.60. The van der Waals surface area contributed by atoms with E-state index in [-0.39, 0.29) is 18.2 Å². The quantitative estimate of drug-likeness (QED) is 0.792. The van der Waals surface area contributed by atoms with Crippen LogP contribution in [0.1, 0.15) is 21.1 Å². The number of pyridine rings is 1. The number of amides is 1. The van der Waals surface area contributed by atoms with Crippen LogP contribution in [-0.4, -0.2) is 32.8 Å². The first-order valence-corrected chi connectivity index (χ1v) is 6.18. The molecule has 0 radical (unpaired) electrons. The minimum atomic E-state index is -0.349. The van der Waals surface area contributed by atoms with E-state index in [1.807, 2.05) is 0 Å². The Morgan fingerprint density at radius 1 is 1.47 bits per heavy atom. The van der Waals surface area contributed by atoms with Gasteiger partial charge in [0.2, 0.25) is 5.13 Å². The van der Waals surface area contributed by atoms with E-state index in [9.17, 15) is 4.79 Å². The fourth-order valence-electron chi connectivity index (χ4n) is 1.25. The number of hydrogen-bond donors (Lipinski definition) is 2. The molecular weight excluding hydrogens is 264 g/mol. The van der Waals surface area contributed by atoms with E-state index in [2.05, 4.69) is 32.3 Å². The van der Waals surface area contributed by atoms with Gasteiger partial charge in [-0.1, -0.05) is 23.2 Å². The summed E-state index contributed by atoms with van der Waals surface area (Å²) in [5, 5.41) is 20.0. The highest BCUT2D eigenvalue weighted by molar-refractivity contribution is 7.15. The van der Waals surface area contributed by atoms with Crippen LogP contribution in [-0.2, 0) is 0 Å². The van der Waals surface area contributed by atoms with E-state index in [4.69, 9.17) is 5.11 Å². The van der Waals surface area contributed by atoms with Crippen molar-refractivity contribution in [2.75, 3.05) is 11.9 Å². The van der Waals surface area contributed by atoms with Crippen LogP contribution >= 0.6 is 11.3 Å². The van der Waals surface area contributed by atoms with E-state index >= 15 is 0 Å². The number of aryl methyl sites for hydroxylation is 1. The normalized spacial score (nSPS) is 9.58. The van der Waals surface area contributed by atoms with Crippen LogP contribution in [0.4, 0.5) is 5.13 Å². The molecule has 0 aliphatic heterocycles. The van der Waals surface area contributed by atoms with Gasteiger partial charge in [0.15, 0.2) is 0 Å². The molecule has 0 bridgehead atoms. The molecule has 0 spiro atoms. The Hall–Kier alpha value is -2.30. The van der Waals surface area contributed by atoms with E-state index in [0.717, 1.165) is 5.01 Å². The van der Waals surface area contributed by atoms with Crippen LogP contribution < -0.4 is 5.32 Å². The number of anilines is 1. The number of nitrogens with zero attached hydrogens (tertiary/aromatic N) is 3. The van der Waals surface area contributed by atoms with Crippen LogP contribution in [0.15, 0.2) is 18.3 Å². The lowest BCUT2D eigenvalue weighted by molar-refractivity contribution is 0.102. The fraction of sp³-hybridized carbons (Fsp3) is 0.167. The molecule has 96 valence electrons. The van der Waals surface area contributed by atoms with E-state index in [1.165, 1.54) is 17.5 Å². The standard InChI is InChI=1S/C12H10N4O2S/c1-8-15-16-12(19-8)14-11(18)10-5-4-9(7-13-10)3-2-6-17/h4-5,7,17H,6H2,1H3,(H,14,16,18). The maximum absolute atomic E-state index is 11.8. The molecule has 0 aliphatic carbocycles. The number of hydrogen-bond acceptors (Lipinski definition) is 6. The van der Waals surface area contributed by atoms with Crippen molar-refractivity contribution in [3.8, 4) is 11.8 Å². The second-order valence-corrected chi connectivity index (χ2v) is 4.65. The molecule has 0 unspecified atom stereocenters. The third-order valence-electron chi connectivity index (χ3n) is 2.05. The lowest BCUT2D eigenvalue weighted by Gasteiger charge is -1.99. The summed E-state index contributed by atoms with van der Waals surface area (Å²) in [7, 11) is 0. The molecule has 1 amide bonds. The molecule has 0 atom stereocenters. The smallest absolute Gasteiger partial charge is 0.276 e. The van der Waals surface area contributed by atoms with Gasteiger partial charge in [-0.15, -0.1) is 10.2 Å². The Labute approximate surface area is 113 Å². The highest BCUT2D eigenvalue weighted by Crippen LogP contribution is 2.14. The molecule has 0 fully saturated rings. The summed E-state index contributed by atoms with van der Waals surface area (Å²) in [4.78, 5) is 15.8. The second-order valence-electron chi connectivity index (χ2n) is 3.47. The van der Waals surface area contributed by atoms with Crippen LogP contribution in [0, 0.1) is 18.8 Å². The van der Waals surface area contributed by atoms with Gasteiger partial charge in [0.05, 0.1) is 0 Å². The number of nitrogens with one attached hydrogen (secondary N) is 1. The first-order chi connectivity index (χ1) is 9.19. The minimum Gasteiger partial charge on any atom is -0.384 e. The van der Waals surface area contributed by atoms with Gasteiger partial charge in [-0.2, -0.15) is 0 Å². The molecular formula is C12H10N4O2S. The highest BCUT2D eigenvalue weighted by atomic mass is 32.1. The van der Waals surface area contributed by atoms with Crippen molar-refractivity contribution in [3.05, 3.63) is 34.6 Å². The van der Waals surface area contributed by atoms with Crippen LogP contribution in [0.2, 0.25) is 0 Å². The van der Waals surface area contributed by atoms with Crippen molar-refractivity contribution < 1.29 is 9.90 Å². The molecule has 2 aromatic heterocycles. The third kappa shape index (κ3) is 3.58. The van der Waals surface area contributed by atoms with Crippen LogP contribution in [0.25, 0.3) is 0 Å². The van der Waals surface area contributed by atoms with Gasteiger partial charge in [-0.05, 0) is 19.1 Å². The SMILES string of the molecule is Cc1nnc(NC(=O)c2ccc(C#CCO)cn2)s1. The maximum atomic E-state index is 11.8. The molecule has 0 aromatic carbocycles. The van der Waals surface area contributed by atoms with Crippen molar-refractivity contribution >= 4 is 22.4 Å². The van der Waals surface area contributed by atoms with Crippen LogP contribution in [0.3, 0.4) is 0 Å². The fourth-order valence-corrected chi connectivity index (χ4v) is 1.84. The third-order valence-corrected chi connectivity index (χ3v) is 2.81. The van der Waals surface area contributed by atoms with Crippen molar-refractivity contribution in [2.24, 2.45) is 0 Å². The number of carbonyl (C=O) groups is 1. The molecule has 0 saturated heterocycles. The molecule has 0 aliphatic rings. The van der Waals surface area contributed by atoms with Gasteiger partial charge in [-0.25, -0.2) is 4.98 Å². The van der Waals surface area contributed by atoms with E-state index in [1.54, 1.807) is 19.1 Å². The van der Waals surface area contributed by atoms with E-state index < -0.39 is 0 Å². The Morgan fingerprint density at radius 2 is 2.32 bits per heavy atom. The largest absolute Gasteiger partial charge is 0.384 e. The number of aliphatic hydroxyl groups is 1. The maximum Gasteiger partial charge on any atom is 0.276 e. The second kappa shape index (κ2) is 6.04. The van der Waals surface area contributed by atoms with Crippen molar-refractivity contribution in [2.45, 2.75) is 6.92 Å². The minimum absolute atomic E-state index is 0.210. The predicted octanol–water partition coefficient (Wildman–Crippen LogP) is 0.838. The van der Waals surface area contributed by atoms with Gasteiger partial charge in [0.25, 0.3) is 5.91 Å². The predicted molar refractivity (Wildman–Crippen MR) is 70.8 cm³/mol. The Kier molecular flexibility index (Phi) is 4.18. The lowest BCUT2D eigenvalue weighted by atomic mass is 10.2. The zero-order valence-electron chi connectivity index (χ0n) is 10.0. The monoisotopic (exact) mass is 274 g/mol. The number of aromatic nitrogens is 3. The summed E-state index contributed by atoms with van der Waals surface area (Å²) >= 11 is 1.29.